The van der Waals surface area contributed by atoms with Gasteiger partial charge in [0.1, 0.15) is 6.04 Å². The fraction of sp³-hybridized carbons (Fsp3) is 0.375. The van der Waals surface area contributed by atoms with E-state index < -0.39 is 29.4 Å². The van der Waals surface area contributed by atoms with Gasteiger partial charge in [-0.3, -0.25) is 25.2 Å². The van der Waals surface area contributed by atoms with Crippen molar-refractivity contribution < 1.29 is 24.3 Å². The molecular weight excluding hydrogens is 360 g/mol. The molecule has 0 fully saturated rings. The Balaban J connectivity index is 2.09. The smallest absolute Gasteiger partial charge is 0.405 e. The second-order valence-corrected chi connectivity index (χ2v) is 7.73. The first kappa shape index (κ1) is 19.6. The normalized spacial score (nSPS) is 16.6. The van der Waals surface area contributed by atoms with Crippen molar-refractivity contribution in [2.45, 2.75) is 31.7 Å². The summed E-state index contributed by atoms with van der Waals surface area (Å²) in [6.45, 7) is 5.14. The third-order valence-electron chi connectivity index (χ3n) is 3.49. The van der Waals surface area contributed by atoms with Gasteiger partial charge in [-0.15, -0.1) is 11.8 Å². The van der Waals surface area contributed by atoms with Crippen LogP contribution in [0.2, 0.25) is 0 Å². The summed E-state index contributed by atoms with van der Waals surface area (Å²) in [4.78, 5) is 47.6. The number of anilines is 1. The molecule has 4 amide bonds. The van der Waals surface area contributed by atoms with E-state index in [1.165, 1.54) is 17.8 Å². The number of carbonyl (C=O) groups is 4. The number of nitrogens with one attached hydrogen (secondary N) is 4. The molecule has 1 aromatic carbocycles. The van der Waals surface area contributed by atoms with E-state index in [9.17, 15) is 19.2 Å². The molecule has 1 aliphatic rings. The highest BCUT2D eigenvalue weighted by atomic mass is 32.2. The van der Waals surface area contributed by atoms with Gasteiger partial charge in [-0.1, -0.05) is 20.8 Å². The number of hydrazine groups is 1. The van der Waals surface area contributed by atoms with Crippen LogP contribution >= 0.6 is 11.8 Å². The second kappa shape index (κ2) is 7.65. The predicted molar refractivity (Wildman–Crippen MR) is 95.8 cm³/mol. The maximum Gasteiger partial charge on any atom is 0.405 e. The van der Waals surface area contributed by atoms with Crippen molar-refractivity contribution in [1.82, 2.24) is 16.2 Å². The molecule has 0 saturated carbocycles. The van der Waals surface area contributed by atoms with Gasteiger partial charge in [-0.2, -0.15) is 0 Å². The maximum atomic E-state index is 12.2. The van der Waals surface area contributed by atoms with Crippen LogP contribution in [0.1, 0.15) is 31.1 Å². The molecule has 0 saturated heterocycles. The van der Waals surface area contributed by atoms with Crippen molar-refractivity contribution in [2.75, 3.05) is 11.1 Å². The average Bonchev–Trinajstić information content (AvgIpc) is 2.69. The summed E-state index contributed by atoms with van der Waals surface area (Å²) in [5.74, 6) is -1.14. The second-order valence-electron chi connectivity index (χ2n) is 6.67. The summed E-state index contributed by atoms with van der Waals surface area (Å²) in [6, 6.07) is 3.79. The van der Waals surface area contributed by atoms with Crippen LogP contribution in [-0.2, 0) is 9.59 Å². The van der Waals surface area contributed by atoms with Gasteiger partial charge < -0.3 is 15.7 Å². The van der Waals surface area contributed by atoms with E-state index in [1.807, 2.05) is 0 Å². The molecule has 0 unspecified atom stereocenters. The highest BCUT2D eigenvalue weighted by molar-refractivity contribution is 7.99. The lowest BCUT2D eigenvalue weighted by Crippen LogP contribution is -2.46. The Morgan fingerprint density at radius 1 is 1.23 bits per heavy atom. The Labute approximate surface area is 154 Å². The first-order chi connectivity index (χ1) is 12.1. The third-order valence-corrected chi connectivity index (χ3v) is 4.66. The van der Waals surface area contributed by atoms with E-state index in [1.54, 1.807) is 32.9 Å². The van der Waals surface area contributed by atoms with Crippen LogP contribution in [0.3, 0.4) is 0 Å². The lowest BCUT2D eigenvalue weighted by molar-refractivity contribution is -0.129. The van der Waals surface area contributed by atoms with E-state index in [4.69, 9.17) is 5.11 Å². The van der Waals surface area contributed by atoms with Gasteiger partial charge in [0, 0.05) is 21.6 Å². The summed E-state index contributed by atoms with van der Waals surface area (Å²) >= 11 is 1.29. The molecule has 0 aromatic heterocycles. The summed E-state index contributed by atoms with van der Waals surface area (Å²) in [5, 5.41) is 13.5. The van der Waals surface area contributed by atoms with Crippen LogP contribution in [0.15, 0.2) is 23.1 Å². The van der Waals surface area contributed by atoms with Crippen LogP contribution in [0.25, 0.3) is 0 Å². The summed E-state index contributed by atoms with van der Waals surface area (Å²) in [6.07, 6.45) is -1.29. The molecule has 140 valence electrons. The lowest BCUT2D eigenvalue weighted by Gasteiger charge is -2.18. The zero-order chi connectivity index (χ0) is 19.5. The molecular formula is C16H20N4O5S. The Bertz CT molecular complexity index is 759. The first-order valence-electron chi connectivity index (χ1n) is 7.76. The first-order valence-corrected chi connectivity index (χ1v) is 8.74. The van der Waals surface area contributed by atoms with Crippen molar-refractivity contribution in [1.29, 1.82) is 0 Å². The van der Waals surface area contributed by atoms with E-state index in [0.29, 0.717) is 10.6 Å². The van der Waals surface area contributed by atoms with Gasteiger partial charge in [-0.05, 0) is 18.2 Å². The number of rotatable bonds is 2. The van der Waals surface area contributed by atoms with Gasteiger partial charge in [0.25, 0.3) is 5.91 Å². The number of fused-ring (bicyclic) bond motifs is 1. The van der Waals surface area contributed by atoms with Gasteiger partial charge in [0.15, 0.2) is 0 Å². The fourth-order valence-corrected chi connectivity index (χ4v) is 3.00. The summed E-state index contributed by atoms with van der Waals surface area (Å²) in [5.41, 5.74) is 4.66. The molecule has 2 rings (SSSR count). The molecule has 0 spiro atoms. The van der Waals surface area contributed by atoms with Crippen molar-refractivity contribution in [3.63, 3.8) is 0 Å². The zero-order valence-corrected chi connectivity index (χ0v) is 15.3. The van der Waals surface area contributed by atoms with Crippen molar-refractivity contribution in [2.24, 2.45) is 5.41 Å². The number of amides is 4. The average molecular weight is 380 g/mol. The number of thioether (sulfide) groups is 1. The van der Waals surface area contributed by atoms with Crippen molar-refractivity contribution >= 4 is 41.3 Å². The van der Waals surface area contributed by atoms with Crippen LogP contribution in [-0.4, -0.2) is 40.7 Å². The van der Waals surface area contributed by atoms with E-state index >= 15 is 0 Å². The molecule has 5 N–H and O–H groups in total. The minimum atomic E-state index is -1.29. The quantitative estimate of drug-likeness (QED) is 0.489. The Morgan fingerprint density at radius 3 is 2.54 bits per heavy atom. The number of benzene rings is 1. The predicted octanol–water partition coefficient (Wildman–Crippen LogP) is 1.17. The minimum Gasteiger partial charge on any atom is -0.465 e. The topological polar surface area (TPSA) is 137 Å². The van der Waals surface area contributed by atoms with E-state index in [-0.39, 0.29) is 17.2 Å². The maximum absolute atomic E-state index is 12.2. The highest BCUT2D eigenvalue weighted by Crippen LogP contribution is 2.31. The van der Waals surface area contributed by atoms with Crippen LogP contribution in [0.5, 0.6) is 0 Å². The third kappa shape index (κ3) is 4.88. The van der Waals surface area contributed by atoms with Gasteiger partial charge in [0.05, 0.1) is 5.69 Å². The molecule has 26 heavy (non-hydrogen) atoms. The van der Waals surface area contributed by atoms with Crippen LogP contribution < -0.4 is 21.5 Å². The molecule has 1 atom stereocenters. The molecule has 0 aliphatic carbocycles. The molecule has 1 heterocycles. The van der Waals surface area contributed by atoms with Crippen molar-refractivity contribution in [3.05, 3.63) is 23.8 Å². The molecule has 1 aromatic rings. The lowest BCUT2D eigenvalue weighted by atomic mass is 9.96. The zero-order valence-electron chi connectivity index (χ0n) is 14.5. The largest absolute Gasteiger partial charge is 0.465 e. The monoisotopic (exact) mass is 380 g/mol. The standard InChI is InChI=1S/C16H20N4O5S/c1-16(2,3)14(23)20-19-12(21)8-4-5-11-9(6-8)17-13(22)10(7-26-11)18-15(24)25/h4-6,10,18H,7H2,1-3H3,(H,17,22)(H,19,21)(H,20,23)(H,24,25)/t10-/m0/s1. The van der Waals surface area contributed by atoms with Crippen molar-refractivity contribution in [3.8, 4) is 0 Å². The number of hydrogen-bond acceptors (Lipinski definition) is 5. The molecule has 0 bridgehead atoms. The molecule has 0 radical (unpaired) electrons. The van der Waals surface area contributed by atoms with E-state index in [2.05, 4.69) is 21.5 Å². The van der Waals surface area contributed by atoms with E-state index in [0.717, 1.165) is 0 Å². The fourth-order valence-electron chi connectivity index (χ4n) is 1.99. The van der Waals surface area contributed by atoms with Gasteiger partial charge in [0.2, 0.25) is 11.8 Å². The SMILES string of the molecule is CC(C)(C)C(=O)NNC(=O)c1ccc2c(c1)NC(=O)[C@@H](NC(=O)O)CS2. The Hall–Kier alpha value is -2.75. The summed E-state index contributed by atoms with van der Waals surface area (Å²) in [7, 11) is 0. The molecule has 1 aliphatic heterocycles. The number of carboxylic acid groups (broad SMARTS) is 1. The van der Waals surface area contributed by atoms with Crippen LogP contribution in [0, 0.1) is 5.41 Å². The highest BCUT2D eigenvalue weighted by Gasteiger charge is 2.26. The molecule has 10 heteroatoms. The molecule has 9 nitrogen and oxygen atoms in total. The van der Waals surface area contributed by atoms with Gasteiger partial charge >= 0.3 is 6.09 Å². The minimum absolute atomic E-state index is 0.234. The Morgan fingerprint density at radius 2 is 1.92 bits per heavy atom. The summed E-state index contributed by atoms with van der Waals surface area (Å²) < 4.78 is 0. The number of hydrogen-bond donors (Lipinski definition) is 5. The number of carbonyl (C=O) groups excluding carboxylic acids is 3. The van der Waals surface area contributed by atoms with Gasteiger partial charge in [-0.25, -0.2) is 4.79 Å². The Kier molecular flexibility index (Phi) is 5.76. The van der Waals surface area contributed by atoms with Crippen LogP contribution in [0.4, 0.5) is 10.5 Å².